The third-order valence-corrected chi connectivity index (χ3v) is 6.58. The summed E-state index contributed by atoms with van der Waals surface area (Å²) >= 11 is 6.40. The van der Waals surface area contributed by atoms with Gasteiger partial charge in [0.05, 0.1) is 18.4 Å². The van der Waals surface area contributed by atoms with Gasteiger partial charge in [-0.2, -0.15) is 5.10 Å². The van der Waals surface area contributed by atoms with Crippen LogP contribution in [0.3, 0.4) is 0 Å². The summed E-state index contributed by atoms with van der Waals surface area (Å²) in [6.07, 6.45) is 2.80. The van der Waals surface area contributed by atoms with E-state index in [0.717, 1.165) is 23.2 Å². The van der Waals surface area contributed by atoms with E-state index >= 15 is 0 Å². The van der Waals surface area contributed by atoms with Crippen LogP contribution in [0.25, 0.3) is 11.2 Å². The van der Waals surface area contributed by atoms with Crippen LogP contribution < -0.4 is 10.6 Å². The van der Waals surface area contributed by atoms with E-state index in [-0.39, 0.29) is 11.9 Å². The molecule has 1 aliphatic heterocycles. The van der Waals surface area contributed by atoms with E-state index in [1.54, 1.807) is 23.0 Å². The number of hydrogen-bond donors (Lipinski definition) is 2. The summed E-state index contributed by atoms with van der Waals surface area (Å²) in [4.78, 5) is 23.8. The van der Waals surface area contributed by atoms with Crippen LogP contribution in [0.15, 0.2) is 54.9 Å². The lowest BCUT2D eigenvalue weighted by molar-refractivity contribution is 0.0591. The summed E-state index contributed by atoms with van der Waals surface area (Å²) in [5.74, 6) is 0.373. The van der Waals surface area contributed by atoms with Gasteiger partial charge in [0.15, 0.2) is 0 Å². The topological polar surface area (TPSA) is 88.0 Å². The Bertz CT molecular complexity index is 1400. The number of amides is 1. The first kappa shape index (κ1) is 24.1. The molecule has 1 amide bonds. The van der Waals surface area contributed by atoms with Crippen molar-refractivity contribution in [3.63, 3.8) is 0 Å². The molecule has 0 unspecified atom stereocenters. The molecule has 1 aliphatic rings. The average Bonchev–Trinajstić information content (AvgIpc) is 3.27. The Kier molecular flexibility index (Phi) is 6.84. The zero-order chi connectivity index (χ0) is 25.2. The first-order valence-electron chi connectivity index (χ1n) is 11.9. The van der Waals surface area contributed by atoms with Crippen molar-refractivity contribution in [1.29, 1.82) is 0 Å². The maximum Gasteiger partial charge on any atom is 0.255 e. The number of nitrogens with one attached hydrogen (secondary N) is 2. The Hall–Kier alpha value is -3.56. The van der Waals surface area contributed by atoms with Gasteiger partial charge >= 0.3 is 0 Å². The van der Waals surface area contributed by atoms with Crippen LogP contribution in [-0.4, -0.2) is 49.8 Å². The van der Waals surface area contributed by atoms with Gasteiger partial charge < -0.3 is 10.6 Å². The Morgan fingerprint density at radius 3 is 2.83 bits per heavy atom. The molecular formula is C26H27ClFN7O. The minimum atomic E-state index is -0.759. The smallest absolute Gasteiger partial charge is 0.255 e. The third-order valence-electron chi connectivity index (χ3n) is 6.23. The number of carbonyl (C=O) groups excluding carboxylic acids is 1. The Labute approximate surface area is 213 Å². The van der Waals surface area contributed by atoms with E-state index in [2.05, 4.69) is 25.7 Å². The number of carbonyl (C=O) groups is 1. The predicted octanol–water partition coefficient (Wildman–Crippen LogP) is 5.08. The number of aryl methyl sites for hydroxylation is 1. The Balaban J connectivity index is 1.24. The minimum Gasteiger partial charge on any atom is -0.362 e. The molecule has 2 aromatic carbocycles. The van der Waals surface area contributed by atoms with Gasteiger partial charge in [-0.3, -0.25) is 14.4 Å². The normalized spacial score (nSPS) is 15.0. The Morgan fingerprint density at radius 2 is 2.08 bits per heavy atom. The maximum atomic E-state index is 13.1. The van der Waals surface area contributed by atoms with Crippen LogP contribution in [0.5, 0.6) is 0 Å². The molecule has 186 valence electrons. The van der Waals surface area contributed by atoms with E-state index in [1.807, 2.05) is 55.3 Å². The predicted molar refractivity (Wildman–Crippen MR) is 139 cm³/mol. The summed E-state index contributed by atoms with van der Waals surface area (Å²) < 4.78 is 14.9. The van der Waals surface area contributed by atoms with Crippen molar-refractivity contribution >= 4 is 40.2 Å². The number of rotatable bonds is 8. The van der Waals surface area contributed by atoms with Crippen molar-refractivity contribution in [1.82, 2.24) is 24.6 Å². The van der Waals surface area contributed by atoms with Gasteiger partial charge in [0.1, 0.15) is 17.5 Å². The second kappa shape index (κ2) is 10.2. The van der Waals surface area contributed by atoms with Crippen LogP contribution in [0, 0.1) is 0 Å². The number of hydrogen-bond acceptors (Lipinski definition) is 6. The van der Waals surface area contributed by atoms with Gasteiger partial charge in [-0.1, -0.05) is 29.8 Å². The highest BCUT2D eigenvalue weighted by molar-refractivity contribution is 6.31. The van der Waals surface area contributed by atoms with Crippen molar-refractivity contribution < 1.29 is 9.18 Å². The number of halogens is 2. The molecule has 10 heteroatoms. The second-order valence-electron chi connectivity index (χ2n) is 8.99. The van der Waals surface area contributed by atoms with Crippen molar-refractivity contribution in [2.24, 2.45) is 0 Å². The zero-order valence-electron chi connectivity index (χ0n) is 20.1. The summed E-state index contributed by atoms with van der Waals surface area (Å²) in [5.41, 5.74) is 4.33. The molecule has 0 bridgehead atoms. The van der Waals surface area contributed by atoms with E-state index in [1.165, 1.54) is 0 Å². The van der Waals surface area contributed by atoms with Gasteiger partial charge in [-0.25, -0.2) is 14.4 Å². The molecule has 2 aromatic heterocycles. The third kappa shape index (κ3) is 5.32. The molecule has 1 atom stereocenters. The molecule has 5 rings (SSSR count). The SMILES string of the molecule is CCn1cc2ncc(N[C@@H](C)c3cccc(NC(=O)c4ccc(CN5CC(F)C5)c(Cl)c4)c3)nc2n1. The van der Waals surface area contributed by atoms with Crippen molar-refractivity contribution in [2.45, 2.75) is 39.2 Å². The molecular weight excluding hydrogens is 481 g/mol. The highest BCUT2D eigenvalue weighted by Crippen LogP contribution is 2.25. The highest BCUT2D eigenvalue weighted by Gasteiger charge is 2.26. The Morgan fingerprint density at radius 1 is 1.25 bits per heavy atom. The zero-order valence-corrected chi connectivity index (χ0v) is 20.8. The number of alkyl halides is 1. The molecule has 1 saturated heterocycles. The van der Waals surface area contributed by atoms with Gasteiger partial charge in [0, 0.05) is 42.5 Å². The summed E-state index contributed by atoms with van der Waals surface area (Å²) in [5, 5.41) is 11.2. The maximum absolute atomic E-state index is 13.1. The fourth-order valence-corrected chi connectivity index (χ4v) is 4.40. The molecule has 0 aliphatic carbocycles. The van der Waals surface area contributed by atoms with E-state index in [4.69, 9.17) is 11.6 Å². The molecule has 8 nitrogen and oxygen atoms in total. The lowest BCUT2D eigenvalue weighted by Crippen LogP contribution is -2.47. The lowest BCUT2D eigenvalue weighted by atomic mass is 10.1. The van der Waals surface area contributed by atoms with E-state index < -0.39 is 6.17 Å². The van der Waals surface area contributed by atoms with Crippen molar-refractivity contribution in [3.8, 4) is 0 Å². The number of aromatic nitrogens is 4. The van der Waals surface area contributed by atoms with Crippen LogP contribution >= 0.6 is 11.6 Å². The second-order valence-corrected chi connectivity index (χ2v) is 9.40. The lowest BCUT2D eigenvalue weighted by Gasteiger charge is -2.34. The molecule has 0 spiro atoms. The molecule has 36 heavy (non-hydrogen) atoms. The summed E-state index contributed by atoms with van der Waals surface area (Å²) in [7, 11) is 0. The molecule has 0 saturated carbocycles. The monoisotopic (exact) mass is 507 g/mol. The molecule has 3 heterocycles. The fourth-order valence-electron chi connectivity index (χ4n) is 4.16. The van der Waals surface area contributed by atoms with Gasteiger partial charge in [0.25, 0.3) is 5.91 Å². The summed E-state index contributed by atoms with van der Waals surface area (Å²) in [6, 6.07) is 12.8. The molecule has 1 fully saturated rings. The van der Waals surface area contributed by atoms with Crippen LogP contribution in [0.2, 0.25) is 5.02 Å². The first-order valence-corrected chi connectivity index (χ1v) is 12.3. The minimum absolute atomic E-state index is 0.0824. The highest BCUT2D eigenvalue weighted by atomic mass is 35.5. The molecule has 2 N–H and O–H groups in total. The standard InChI is InChI=1S/C26H27ClFN7O/c1-3-35-15-23-25(33-35)32-24(11-29-23)30-16(2)17-5-4-6-21(9-17)31-26(36)18-7-8-19(22(27)10-18)12-34-13-20(28)14-34/h4-11,15-16,20H,3,12-14H2,1-2H3,(H,31,36)(H,30,32,33)/t16-/m0/s1. The number of likely N-dealkylation sites (tertiary alicyclic amines) is 1. The van der Waals surface area contributed by atoms with Crippen LogP contribution in [-0.2, 0) is 13.1 Å². The van der Waals surface area contributed by atoms with E-state index in [9.17, 15) is 9.18 Å². The largest absolute Gasteiger partial charge is 0.362 e. The number of anilines is 2. The van der Waals surface area contributed by atoms with Crippen molar-refractivity contribution in [2.75, 3.05) is 23.7 Å². The summed E-state index contributed by atoms with van der Waals surface area (Å²) in [6.45, 7) is 6.20. The first-order chi connectivity index (χ1) is 17.4. The van der Waals surface area contributed by atoms with Gasteiger partial charge in [-0.05, 0) is 49.2 Å². The molecule has 4 aromatic rings. The fraction of sp³-hybridized carbons (Fsp3) is 0.308. The van der Waals surface area contributed by atoms with Gasteiger partial charge in [0.2, 0.25) is 5.65 Å². The molecule has 0 radical (unpaired) electrons. The number of fused-ring (bicyclic) bond motifs is 1. The number of benzene rings is 2. The van der Waals surface area contributed by atoms with Crippen LogP contribution in [0.1, 0.15) is 41.4 Å². The van der Waals surface area contributed by atoms with Crippen molar-refractivity contribution in [3.05, 3.63) is 76.6 Å². The quantitative estimate of drug-likeness (QED) is 0.346. The van der Waals surface area contributed by atoms with Crippen LogP contribution in [0.4, 0.5) is 15.9 Å². The average molecular weight is 508 g/mol. The van der Waals surface area contributed by atoms with E-state index in [0.29, 0.717) is 47.4 Å². The van der Waals surface area contributed by atoms with Gasteiger partial charge in [-0.15, -0.1) is 0 Å². The number of nitrogens with zero attached hydrogens (tertiary/aromatic N) is 5.